The van der Waals surface area contributed by atoms with Gasteiger partial charge >= 0.3 is 11.9 Å². The Morgan fingerprint density at radius 2 is 1.45 bits per heavy atom. The summed E-state index contributed by atoms with van der Waals surface area (Å²) in [6.07, 6.45) is -1.51. The van der Waals surface area contributed by atoms with Gasteiger partial charge in [0.1, 0.15) is 4.88 Å². The van der Waals surface area contributed by atoms with Gasteiger partial charge in [-0.25, -0.2) is 9.59 Å². The van der Waals surface area contributed by atoms with Gasteiger partial charge in [0.2, 0.25) is 0 Å². The maximum Gasteiger partial charge on any atom is 0.345 e. The van der Waals surface area contributed by atoms with Crippen molar-refractivity contribution in [3.8, 4) is 11.1 Å². The molecule has 0 spiro atoms. The molecule has 160 valence electrons. The van der Waals surface area contributed by atoms with Crippen LogP contribution in [0, 0.1) is 0 Å². The van der Waals surface area contributed by atoms with Gasteiger partial charge in [0, 0.05) is 12.5 Å². The molecule has 8 heteroatoms. The van der Waals surface area contributed by atoms with Crippen molar-refractivity contribution in [3.05, 3.63) is 82.0 Å². The van der Waals surface area contributed by atoms with Crippen molar-refractivity contribution >= 4 is 29.2 Å². The zero-order chi connectivity index (χ0) is 22.4. The third-order valence-electron chi connectivity index (χ3n) is 4.71. The molecule has 0 radical (unpaired) electrons. The van der Waals surface area contributed by atoms with Gasteiger partial charge in [0.05, 0.1) is 4.88 Å². The lowest BCUT2D eigenvalue weighted by Crippen LogP contribution is -2.40. The average molecular weight is 439 g/mol. The normalized spacial score (nSPS) is 12.7. The number of benzene rings is 2. The van der Waals surface area contributed by atoms with Crippen molar-refractivity contribution in [1.82, 2.24) is 5.32 Å². The fourth-order valence-corrected chi connectivity index (χ4v) is 3.89. The van der Waals surface area contributed by atoms with Crippen molar-refractivity contribution in [1.29, 1.82) is 0 Å². The Hall–Kier alpha value is -3.49. The molecule has 1 heterocycles. The summed E-state index contributed by atoms with van der Waals surface area (Å²) in [5, 5.41) is 30.6. The topological polar surface area (TPSA) is 124 Å². The molecule has 0 saturated heterocycles. The molecule has 2 aromatic carbocycles. The number of hydrogen-bond donors (Lipinski definition) is 4. The van der Waals surface area contributed by atoms with E-state index in [2.05, 4.69) is 5.32 Å². The van der Waals surface area contributed by atoms with Crippen molar-refractivity contribution in [3.63, 3.8) is 0 Å². The molecule has 0 bridgehead atoms. The molecular formula is C23H21NO6S. The smallest absolute Gasteiger partial charge is 0.345 e. The molecule has 1 aromatic heterocycles. The Morgan fingerprint density at radius 1 is 0.839 bits per heavy atom. The van der Waals surface area contributed by atoms with Gasteiger partial charge in [-0.05, 0) is 35.2 Å². The van der Waals surface area contributed by atoms with Crippen LogP contribution in [-0.2, 0) is 11.2 Å². The van der Waals surface area contributed by atoms with Crippen LogP contribution in [0.2, 0.25) is 0 Å². The van der Waals surface area contributed by atoms with E-state index in [1.807, 2.05) is 54.6 Å². The van der Waals surface area contributed by atoms with E-state index in [1.54, 1.807) is 0 Å². The zero-order valence-electron chi connectivity index (χ0n) is 16.4. The lowest BCUT2D eigenvalue weighted by Gasteiger charge is -2.20. The fraction of sp³-hybridized carbons (Fsp3) is 0.174. The molecule has 2 atom stereocenters. The van der Waals surface area contributed by atoms with Crippen LogP contribution in [0.3, 0.4) is 0 Å². The summed E-state index contributed by atoms with van der Waals surface area (Å²) in [7, 11) is 0. The summed E-state index contributed by atoms with van der Waals surface area (Å²) in [6, 6.07) is 19.6. The van der Waals surface area contributed by atoms with Crippen molar-refractivity contribution in [2.75, 3.05) is 0 Å². The minimum Gasteiger partial charge on any atom is -0.479 e. The SMILES string of the molecule is O=C(O)c1ccc(C(=O)N[C@H](Cc2ccc(-c3ccccc3)cc2)CC(O)C(=O)O)s1. The van der Waals surface area contributed by atoms with Crippen LogP contribution in [0.15, 0.2) is 66.7 Å². The molecule has 0 aliphatic carbocycles. The maximum atomic E-state index is 12.5. The first-order valence-electron chi connectivity index (χ1n) is 9.52. The number of rotatable bonds is 9. The molecule has 1 amide bonds. The number of carbonyl (C=O) groups is 3. The third-order valence-corrected chi connectivity index (χ3v) is 5.78. The number of carboxylic acids is 2. The Morgan fingerprint density at radius 3 is 2.03 bits per heavy atom. The summed E-state index contributed by atoms with van der Waals surface area (Å²) in [5.41, 5.74) is 2.95. The number of aliphatic hydroxyl groups excluding tert-OH is 1. The van der Waals surface area contributed by atoms with E-state index in [-0.39, 0.29) is 16.2 Å². The van der Waals surface area contributed by atoms with Gasteiger partial charge in [-0.2, -0.15) is 0 Å². The first kappa shape index (κ1) is 22.2. The summed E-state index contributed by atoms with van der Waals surface area (Å²) >= 11 is 0.832. The highest BCUT2D eigenvalue weighted by Crippen LogP contribution is 2.21. The van der Waals surface area contributed by atoms with Crippen LogP contribution >= 0.6 is 11.3 Å². The van der Waals surface area contributed by atoms with Gasteiger partial charge in [0.25, 0.3) is 5.91 Å². The van der Waals surface area contributed by atoms with E-state index in [4.69, 9.17) is 10.2 Å². The molecule has 4 N–H and O–H groups in total. The van der Waals surface area contributed by atoms with E-state index in [0.717, 1.165) is 28.0 Å². The van der Waals surface area contributed by atoms with E-state index >= 15 is 0 Å². The lowest BCUT2D eigenvalue weighted by atomic mass is 9.98. The molecule has 31 heavy (non-hydrogen) atoms. The summed E-state index contributed by atoms with van der Waals surface area (Å²) in [6.45, 7) is 0. The monoisotopic (exact) mass is 439 g/mol. The highest BCUT2D eigenvalue weighted by Gasteiger charge is 2.23. The number of thiophene rings is 1. The number of carbonyl (C=O) groups excluding carboxylic acids is 1. The van der Waals surface area contributed by atoms with Crippen molar-refractivity contribution in [2.45, 2.75) is 25.0 Å². The van der Waals surface area contributed by atoms with Crippen molar-refractivity contribution in [2.24, 2.45) is 0 Å². The summed E-state index contributed by atoms with van der Waals surface area (Å²) in [5.74, 6) is -3.01. The quantitative estimate of drug-likeness (QED) is 0.406. The second-order valence-electron chi connectivity index (χ2n) is 7.00. The van der Waals surface area contributed by atoms with Gasteiger partial charge < -0.3 is 20.6 Å². The molecule has 3 aromatic rings. The first-order valence-corrected chi connectivity index (χ1v) is 10.3. The lowest BCUT2D eigenvalue weighted by molar-refractivity contribution is -0.147. The first-order chi connectivity index (χ1) is 14.8. The molecule has 3 rings (SSSR count). The minimum absolute atomic E-state index is 0.0313. The number of amides is 1. The second kappa shape index (κ2) is 10.0. The minimum atomic E-state index is -1.63. The Balaban J connectivity index is 1.74. The predicted octanol–water partition coefficient (Wildman–Crippen LogP) is 3.29. The van der Waals surface area contributed by atoms with Crippen LogP contribution in [0.5, 0.6) is 0 Å². The number of hydrogen-bond acceptors (Lipinski definition) is 5. The highest BCUT2D eigenvalue weighted by atomic mass is 32.1. The van der Waals surface area contributed by atoms with Gasteiger partial charge in [-0.1, -0.05) is 54.6 Å². The van der Waals surface area contributed by atoms with Gasteiger partial charge in [-0.3, -0.25) is 4.79 Å². The largest absolute Gasteiger partial charge is 0.479 e. The third kappa shape index (κ3) is 6.00. The molecule has 0 saturated carbocycles. The number of aromatic carboxylic acids is 1. The van der Waals surface area contributed by atoms with Crippen LogP contribution < -0.4 is 5.32 Å². The van der Waals surface area contributed by atoms with E-state index in [9.17, 15) is 19.5 Å². The van der Waals surface area contributed by atoms with E-state index in [1.165, 1.54) is 12.1 Å². The Bertz CT molecular complexity index is 1060. The molecule has 7 nitrogen and oxygen atoms in total. The molecular weight excluding hydrogens is 418 g/mol. The number of carboxylic acid groups (broad SMARTS) is 2. The van der Waals surface area contributed by atoms with Crippen LogP contribution in [-0.4, -0.2) is 45.3 Å². The second-order valence-corrected chi connectivity index (χ2v) is 8.08. The maximum absolute atomic E-state index is 12.5. The van der Waals surface area contributed by atoms with Crippen LogP contribution in [0.1, 0.15) is 31.3 Å². The Kier molecular flexibility index (Phi) is 7.17. The van der Waals surface area contributed by atoms with E-state index < -0.39 is 30.0 Å². The zero-order valence-corrected chi connectivity index (χ0v) is 17.2. The number of aliphatic hydroxyl groups is 1. The number of aliphatic carboxylic acids is 1. The summed E-state index contributed by atoms with van der Waals surface area (Å²) < 4.78 is 0. The Labute approximate surface area is 182 Å². The predicted molar refractivity (Wildman–Crippen MR) is 116 cm³/mol. The highest BCUT2D eigenvalue weighted by molar-refractivity contribution is 7.15. The molecule has 0 aliphatic rings. The van der Waals surface area contributed by atoms with Gasteiger partial charge in [0.15, 0.2) is 6.10 Å². The average Bonchev–Trinajstić information content (AvgIpc) is 3.25. The summed E-state index contributed by atoms with van der Waals surface area (Å²) in [4.78, 5) is 34.9. The van der Waals surface area contributed by atoms with Crippen molar-refractivity contribution < 1.29 is 29.7 Å². The molecule has 0 fully saturated rings. The van der Waals surface area contributed by atoms with Crippen LogP contribution in [0.25, 0.3) is 11.1 Å². The van der Waals surface area contributed by atoms with Crippen LogP contribution in [0.4, 0.5) is 0 Å². The van der Waals surface area contributed by atoms with E-state index in [0.29, 0.717) is 6.42 Å². The standard InChI is InChI=1S/C23H21NO6S/c25-18(22(27)28)13-17(24-21(26)19-10-11-20(31-19)23(29)30)12-14-6-8-16(9-7-14)15-4-2-1-3-5-15/h1-11,17-18,25H,12-13H2,(H,24,26)(H,27,28)(H,29,30)/t17-,18?/m1/s1. The molecule has 0 aliphatic heterocycles. The van der Waals surface area contributed by atoms with Gasteiger partial charge in [-0.15, -0.1) is 11.3 Å². The fourth-order valence-electron chi connectivity index (χ4n) is 3.14. The number of nitrogens with one attached hydrogen (secondary N) is 1. The molecule has 1 unspecified atom stereocenters.